The molecular weight excluding hydrogens is 126 g/mol. The van der Waals surface area contributed by atoms with Crippen LogP contribution in [0.1, 0.15) is 26.7 Å². The first kappa shape index (κ1) is 8.02. The Morgan fingerprint density at radius 3 is 2.60 bits per heavy atom. The van der Waals surface area contributed by atoms with Gasteiger partial charge < -0.3 is 10.1 Å². The molecule has 1 aliphatic heterocycles. The van der Waals surface area contributed by atoms with Gasteiger partial charge in [0.2, 0.25) is 0 Å². The van der Waals surface area contributed by atoms with Gasteiger partial charge in [0, 0.05) is 13.2 Å². The first-order valence-electron chi connectivity index (χ1n) is 3.95. The minimum atomic E-state index is 0.0104. The smallest absolute Gasteiger partial charge is 0.0775 e. The van der Waals surface area contributed by atoms with Gasteiger partial charge in [-0.2, -0.15) is 0 Å². The Kier molecular flexibility index (Phi) is 2.32. The molecule has 0 aromatic carbocycles. The zero-order valence-electron chi connectivity index (χ0n) is 7.11. The van der Waals surface area contributed by atoms with Crippen LogP contribution < -0.4 is 5.32 Å². The summed E-state index contributed by atoms with van der Waals surface area (Å²) in [7, 11) is 1.78. The Hall–Kier alpha value is -0.0800. The van der Waals surface area contributed by atoms with Gasteiger partial charge in [-0.05, 0) is 33.2 Å². The quantitative estimate of drug-likeness (QED) is 0.626. The van der Waals surface area contributed by atoms with E-state index in [1.54, 1.807) is 7.11 Å². The van der Waals surface area contributed by atoms with Crippen molar-refractivity contribution < 1.29 is 4.74 Å². The van der Waals surface area contributed by atoms with E-state index in [0.29, 0.717) is 6.04 Å². The van der Waals surface area contributed by atoms with Crippen LogP contribution >= 0.6 is 0 Å². The van der Waals surface area contributed by atoms with Crippen molar-refractivity contribution in [2.24, 2.45) is 0 Å². The van der Waals surface area contributed by atoms with Gasteiger partial charge in [0.05, 0.1) is 5.60 Å². The van der Waals surface area contributed by atoms with Gasteiger partial charge in [-0.15, -0.1) is 0 Å². The highest BCUT2D eigenvalue weighted by molar-refractivity contribution is 4.88. The number of ether oxygens (including phenoxy) is 1. The maximum Gasteiger partial charge on any atom is 0.0775 e. The standard InChI is InChI=1S/C8H17NO/c1-8(2,10-3)7-5-4-6-9-7/h7,9H,4-6H2,1-3H3. The normalized spacial score (nSPS) is 27.3. The average molecular weight is 143 g/mol. The summed E-state index contributed by atoms with van der Waals surface area (Å²) in [4.78, 5) is 0. The summed E-state index contributed by atoms with van der Waals surface area (Å²) in [5, 5.41) is 3.42. The SMILES string of the molecule is COC(C)(C)C1CCCN1. The molecule has 0 aliphatic carbocycles. The van der Waals surface area contributed by atoms with Crippen LogP contribution in [0.5, 0.6) is 0 Å². The van der Waals surface area contributed by atoms with Crippen LogP contribution in [0.4, 0.5) is 0 Å². The van der Waals surface area contributed by atoms with Crippen molar-refractivity contribution >= 4 is 0 Å². The zero-order valence-corrected chi connectivity index (χ0v) is 7.11. The van der Waals surface area contributed by atoms with Gasteiger partial charge in [-0.3, -0.25) is 0 Å². The second-order valence-electron chi connectivity index (χ2n) is 3.46. The van der Waals surface area contributed by atoms with E-state index in [2.05, 4.69) is 19.2 Å². The summed E-state index contributed by atoms with van der Waals surface area (Å²) in [6.07, 6.45) is 2.54. The monoisotopic (exact) mass is 143 g/mol. The van der Waals surface area contributed by atoms with Gasteiger partial charge in [-0.25, -0.2) is 0 Å². The first-order chi connectivity index (χ1) is 4.67. The molecule has 1 unspecified atom stereocenters. The third-order valence-electron chi connectivity index (χ3n) is 2.43. The molecule has 0 saturated carbocycles. The lowest BCUT2D eigenvalue weighted by molar-refractivity contribution is -0.00478. The molecule has 2 heteroatoms. The van der Waals surface area contributed by atoms with Crippen LogP contribution in [0, 0.1) is 0 Å². The molecule has 0 aromatic rings. The molecule has 0 radical (unpaired) electrons. The molecule has 1 rings (SSSR count). The third kappa shape index (κ3) is 1.50. The van der Waals surface area contributed by atoms with Crippen molar-refractivity contribution in [3.63, 3.8) is 0 Å². The molecule has 1 heterocycles. The molecular formula is C8H17NO. The van der Waals surface area contributed by atoms with E-state index in [9.17, 15) is 0 Å². The molecule has 0 aromatic heterocycles. The maximum absolute atomic E-state index is 5.36. The van der Waals surface area contributed by atoms with Crippen LogP contribution in [-0.4, -0.2) is 25.3 Å². The van der Waals surface area contributed by atoms with E-state index in [1.807, 2.05) is 0 Å². The minimum absolute atomic E-state index is 0.0104. The predicted molar refractivity (Wildman–Crippen MR) is 42.1 cm³/mol. The summed E-state index contributed by atoms with van der Waals surface area (Å²) in [6, 6.07) is 0.553. The van der Waals surface area contributed by atoms with E-state index in [4.69, 9.17) is 4.74 Å². The predicted octanol–water partition coefficient (Wildman–Crippen LogP) is 1.16. The highest BCUT2D eigenvalue weighted by atomic mass is 16.5. The molecule has 1 aliphatic rings. The van der Waals surface area contributed by atoms with Crippen LogP contribution in [0.15, 0.2) is 0 Å². The second-order valence-corrected chi connectivity index (χ2v) is 3.46. The first-order valence-corrected chi connectivity index (χ1v) is 3.95. The molecule has 1 N–H and O–H groups in total. The summed E-state index contributed by atoms with van der Waals surface area (Å²) in [5.41, 5.74) is 0.0104. The van der Waals surface area contributed by atoms with Crippen molar-refractivity contribution in [3.05, 3.63) is 0 Å². The van der Waals surface area contributed by atoms with Crippen molar-refractivity contribution in [1.29, 1.82) is 0 Å². The van der Waals surface area contributed by atoms with Crippen molar-refractivity contribution in [2.45, 2.75) is 38.3 Å². The van der Waals surface area contributed by atoms with Crippen molar-refractivity contribution in [3.8, 4) is 0 Å². The Bertz CT molecular complexity index is 106. The minimum Gasteiger partial charge on any atom is -0.377 e. The Morgan fingerprint density at radius 1 is 1.50 bits per heavy atom. The van der Waals surface area contributed by atoms with Crippen LogP contribution in [-0.2, 0) is 4.74 Å². The fourth-order valence-corrected chi connectivity index (χ4v) is 1.42. The van der Waals surface area contributed by atoms with Gasteiger partial charge >= 0.3 is 0 Å². The fourth-order valence-electron chi connectivity index (χ4n) is 1.42. The maximum atomic E-state index is 5.36. The summed E-state index contributed by atoms with van der Waals surface area (Å²) < 4.78 is 5.36. The van der Waals surface area contributed by atoms with E-state index in [-0.39, 0.29) is 5.60 Å². The van der Waals surface area contributed by atoms with Crippen LogP contribution in [0.25, 0.3) is 0 Å². The Morgan fingerprint density at radius 2 is 2.20 bits per heavy atom. The van der Waals surface area contributed by atoms with E-state index in [0.717, 1.165) is 6.54 Å². The van der Waals surface area contributed by atoms with E-state index < -0.39 is 0 Å². The highest BCUT2D eigenvalue weighted by Crippen LogP contribution is 2.20. The molecule has 1 saturated heterocycles. The molecule has 0 spiro atoms. The van der Waals surface area contributed by atoms with Gasteiger partial charge in [0.25, 0.3) is 0 Å². The highest BCUT2D eigenvalue weighted by Gasteiger charge is 2.30. The summed E-state index contributed by atoms with van der Waals surface area (Å²) in [5.74, 6) is 0. The third-order valence-corrected chi connectivity index (χ3v) is 2.43. The number of hydrogen-bond donors (Lipinski definition) is 1. The number of hydrogen-bond acceptors (Lipinski definition) is 2. The van der Waals surface area contributed by atoms with Crippen LogP contribution in [0.2, 0.25) is 0 Å². The number of rotatable bonds is 2. The summed E-state index contributed by atoms with van der Waals surface area (Å²) in [6.45, 7) is 5.42. The topological polar surface area (TPSA) is 21.3 Å². The lowest BCUT2D eigenvalue weighted by Gasteiger charge is -2.29. The van der Waals surface area contributed by atoms with Crippen LogP contribution in [0.3, 0.4) is 0 Å². The van der Waals surface area contributed by atoms with E-state index >= 15 is 0 Å². The lowest BCUT2D eigenvalue weighted by Crippen LogP contribution is -2.44. The number of methoxy groups -OCH3 is 1. The summed E-state index contributed by atoms with van der Waals surface area (Å²) >= 11 is 0. The Labute approximate surface area is 63.0 Å². The molecule has 1 fully saturated rings. The number of nitrogens with one attached hydrogen (secondary N) is 1. The molecule has 2 nitrogen and oxygen atoms in total. The van der Waals surface area contributed by atoms with Gasteiger partial charge in [0.15, 0.2) is 0 Å². The molecule has 0 amide bonds. The molecule has 0 bridgehead atoms. The van der Waals surface area contributed by atoms with Crippen molar-refractivity contribution in [1.82, 2.24) is 5.32 Å². The zero-order chi connectivity index (χ0) is 7.61. The Balaban J connectivity index is 2.45. The molecule has 60 valence electrons. The molecule has 1 atom stereocenters. The van der Waals surface area contributed by atoms with Crippen molar-refractivity contribution in [2.75, 3.05) is 13.7 Å². The largest absolute Gasteiger partial charge is 0.377 e. The second kappa shape index (κ2) is 2.89. The van der Waals surface area contributed by atoms with Gasteiger partial charge in [0.1, 0.15) is 0 Å². The fraction of sp³-hybridized carbons (Fsp3) is 1.00. The van der Waals surface area contributed by atoms with E-state index in [1.165, 1.54) is 12.8 Å². The lowest BCUT2D eigenvalue weighted by atomic mass is 9.97. The average Bonchev–Trinajstić information content (AvgIpc) is 2.38. The molecule has 10 heavy (non-hydrogen) atoms. The van der Waals surface area contributed by atoms with Gasteiger partial charge in [-0.1, -0.05) is 0 Å².